The van der Waals surface area contributed by atoms with E-state index in [4.69, 9.17) is 22.6 Å². The van der Waals surface area contributed by atoms with E-state index in [9.17, 15) is 8.42 Å². The minimum Gasteiger partial charge on any atom is -0.397 e. The highest BCUT2D eigenvalue weighted by atomic mass is 35.5. The van der Waals surface area contributed by atoms with Crippen molar-refractivity contribution in [1.29, 1.82) is 5.26 Å². The summed E-state index contributed by atoms with van der Waals surface area (Å²) in [6.07, 6.45) is 0. The van der Waals surface area contributed by atoms with Gasteiger partial charge in [0.05, 0.1) is 28.8 Å². The van der Waals surface area contributed by atoms with E-state index in [1.54, 1.807) is 30.3 Å². The Hall–Kier alpha value is -2.23. The minimum atomic E-state index is -3.68. The van der Waals surface area contributed by atoms with Crippen LogP contribution in [0.5, 0.6) is 0 Å². The molecular weight excluding hydrogens is 310 g/mol. The maximum absolute atomic E-state index is 12.2. The number of sulfonamides is 1. The van der Waals surface area contributed by atoms with Crippen LogP contribution in [0, 0.1) is 11.3 Å². The van der Waals surface area contributed by atoms with Crippen molar-refractivity contribution in [2.75, 3.05) is 10.5 Å². The summed E-state index contributed by atoms with van der Waals surface area (Å²) in [4.78, 5) is 0. The Kier molecular flexibility index (Phi) is 4.36. The predicted molar refractivity (Wildman–Crippen MR) is 83.3 cm³/mol. The molecule has 0 aliphatic heterocycles. The van der Waals surface area contributed by atoms with Crippen LogP contribution in [0.15, 0.2) is 42.5 Å². The molecule has 21 heavy (non-hydrogen) atoms. The van der Waals surface area contributed by atoms with Crippen molar-refractivity contribution >= 4 is 33.0 Å². The van der Waals surface area contributed by atoms with Crippen LogP contribution >= 0.6 is 11.6 Å². The van der Waals surface area contributed by atoms with Crippen molar-refractivity contribution in [3.8, 4) is 6.07 Å². The van der Waals surface area contributed by atoms with Crippen molar-refractivity contribution in [3.63, 3.8) is 0 Å². The Bertz CT molecular complexity index is 813. The number of nitrogen functional groups attached to an aromatic ring is 1. The number of benzene rings is 2. The number of nitrogens with one attached hydrogen (secondary N) is 1. The van der Waals surface area contributed by atoms with Crippen molar-refractivity contribution in [3.05, 3.63) is 58.6 Å². The number of nitrogens with zero attached hydrogens (tertiary/aromatic N) is 1. The fraction of sp³-hybridized carbons (Fsp3) is 0.0714. The van der Waals surface area contributed by atoms with E-state index in [1.165, 1.54) is 12.1 Å². The van der Waals surface area contributed by atoms with E-state index in [0.29, 0.717) is 16.1 Å². The van der Waals surface area contributed by atoms with Crippen LogP contribution in [0.2, 0.25) is 5.02 Å². The Morgan fingerprint density at radius 2 is 1.95 bits per heavy atom. The molecule has 7 heteroatoms. The van der Waals surface area contributed by atoms with Gasteiger partial charge in [-0.15, -0.1) is 0 Å². The molecule has 2 rings (SSSR count). The maximum atomic E-state index is 12.2. The van der Waals surface area contributed by atoms with Gasteiger partial charge in [-0.2, -0.15) is 5.26 Å². The summed E-state index contributed by atoms with van der Waals surface area (Å²) in [5.74, 6) is -0.307. The first-order valence-electron chi connectivity index (χ1n) is 5.95. The molecule has 0 aliphatic carbocycles. The number of anilines is 2. The molecule has 3 N–H and O–H groups in total. The molecular formula is C14H12ClN3O2S. The number of nitriles is 1. The summed E-state index contributed by atoms with van der Waals surface area (Å²) in [7, 11) is -3.68. The fourth-order valence-corrected chi connectivity index (χ4v) is 3.22. The highest BCUT2D eigenvalue weighted by molar-refractivity contribution is 7.91. The van der Waals surface area contributed by atoms with Gasteiger partial charge in [0.1, 0.15) is 0 Å². The smallest absolute Gasteiger partial charge is 0.237 e. The van der Waals surface area contributed by atoms with E-state index in [-0.39, 0.29) is 17.1 Å². The fourth-order valence-electron chi connectivity index (χ4n) is 1.79. The lowest BCUT2D eigenvalue weighted by Crippen LogP contribution is -2.16. The first kappa shape index (κ1) is 15.2. The van der Waals surface area contributed by atoms with Gasteiger partial charge in [-0.05, 0) is 29.8 Å². The third kappa shape index (κ3) is 3.88. The SMILES string of the molecule is N#Cc1ccccc1CS(=O)(=O)Nc1ccc(Cl)cc1N. The van der Waals surface area contributed by atoms with Gasteiger partial charge in [-0.3, -0.25) is 4.72 Å². The lowest BCUT2D eigenvalue weighted by Gasteiger charge is -2.11. The van der Waals surface area contributed by atoms with Crippen LogP contribution in [-0.2, 0) is 15.8 Å². The number of nitrogens with two attached hydrogens (primary N) is 1. The molecule has 0 saturated carbocycles. The molecule has 0 heterocycles. The molecule has 2 aromatic carbocycles. The summed E-state index contributed by atoms with van der Waals surface area (Å²) < 4.78 is 26.7. The molecule has 0 bridgehead atoms. The second-order valence-corrected chi connectivity index (χ2v) is 6.52. The van der Waals surface area contributed by atoms with E-state index in [1.807, 2.05) is 6.07 Å². The predicted octanol–water partition coefficient (Wildman–Crippen LogP) is 2.74. The van der Waals surface area contributed by atoms with Crippen molar-refractivity contribution in [1.82, 2.24) is 0 Å². The molecule has 0 saturated heterocycles. The van der Waals surface area contributed by atoms with Gasteiger partial charge >= 0.3 is 0 Å². The van der Waals surface area contributed by atoms with Crippen LogP contribution in [0.3, 0.4) is 0 Å². The molecule has 108 valence electrons. The number of hydrogen-bond acceptors (Lipinski definition) is 4. The molecule has 0 unspecified atom stereocenters. The number of rotatable bonds is 4. The molecule has 0 aromatic heterocycles. The molecule has 0 atom stereocenters. The largest absolute Gasteiger partial charge is 0.397 e. The highest BCUT2D eigenvalue weighted by Crippen LogP contribution is 2.24. The van der Waals surface area contributed by atoms with Gasteiger partial charge in [-0.1, -0.05) is 29.8 Å². The van der Waals surface area contributed by atoms with E-state index < -0.39 is 10.0 Å². The number of halogens is 1. The first-order valence-corrected chi connectivity index (χ1v) is 7.98. The average Bonchev–Trinajstić information content (AvgIpc) is 2.42. The van der Waals surface area contributed by atoms with E-state index in [0.717, 1.165) is 0 Å². The van der Waals surface area contributed by atoms with Gasteiger partial charge in [0.25, 0.3) is 0 Å². The Morgan fingerprint density at radius 1 is 1.24 bits per heavy atom. The van der Waals surface area contributed by atoms with Crippen LogP contribution in [0.25, 0.3) is 0 Å². The quantitative estimate of drug-likeness (QED) is 0.846. The lowest BCUT2D eigenvalue weighted by atomic mass is 10.1. The summed E-state index contributed by atoms with van der Waals surface area (Å²) >= 11 is 5.76. The van der Waals surface area contributed by atoms with Gasteiger partial charge in [0, 0.05) is 5.02 Å². The molecule has 0 amide bonds. The normalized spacial score (nSPS) is 10.9. The first-order chi connectivity index (χ1) is 9.91. The van der Waals surface area contributed by atoms with Gasteiger partial charge < -0.3 is 5.73 Å². The zero-order chi connectivity index (χ0) is 15.5. The molecule has 5 nitrogen and oxygen atoms in total. The minimum absolute atomic E-state index is 0.236. The van der Waals surface area contributed by atoms with E-state index in [2.05, 4.69) is 4.72 Å². The van der Waals surface area contributed by atoms with Crippen molar-refractivity contribution < 1.29 is 8.42 Å². The van der Waals surface area contributed by atoms with E-state index >= 15 is 0 Å². The van der Waals surface area contributed by atoms with Gasteiger partial charge in [0.15, 0.2) is 0 Å². The summed E-state index contributed by atoms with van der Waals surface area (Å²) in [6.45, 7) is 0. The molecule has 0 aliphatic rings. The van der Waals surface area contributed by atoms with Crippen LogP contribution in [0.1, 0.15) is 11.1 Å². The topological polar surface area (TPSA) is 96.0 Å². The van der Waals surface area contributed by atoms with Gasteiger partial charge in [0.2, 0.25) is 10.0 Å². The third-order valence-corrected chi connectivity index (χ3v) is 4.22. The average molecular weight is 322 g/mol. The third-order valence-electron chi connectivity index (χ3n) is 2.76. The Balaban J connectivity index is 2.25. The standard InChI is InChI=1S/C14H12ClN3O2S/c15-12-5-6-14(13(17)7-12)18-21(19,20)9-11-4-2-1-3-10(11)8-16/h1-7,18H,9,17H2. The second kappa shape index (κ2) is 6.04. The van der Waals surface area contributed by atoms with Crippen LogP contribution < -0.4 is 10.5 Å². The summed E-state index contributed by atoms with van der Waals surface area (Å²) in [6, 6.07) is 13.0. The Morgan fingerprint density at radius 3 is 2.62 bits per heavy atom. The van der Waals surface area contributed by atoms with Gasteiger partial charge in [-0.25, -0.2) is 8.42 Å². The number of hydrogen-bond donors (Lipinski definition) is 2. The van der Waals surface area contributed by atoms with Crippen LogP contribution in [-0.4, -0.2) is 8.42 Å². The molecule has 0 radical (unpaired) electrons. The molecule has 2 aromatic rings. The van der Waals surface area contributed by atoms with Crippen molar-refractivity contribution in [2.24, 2.45) is 0 Å². The second-order valence-electron chi connectivity index (χ2n) is 4.36. The van der Waals surface area contributed by atoms with Crippen molar-refractivity contribution in [2.45, 2.75) is 5.75 Å². The van der Waals surface area contributed by atoms with Crippen LogP contribution in [0.4, 0.5) is 11.4 Å². The molecule has 0 fully saturated rings. The summed E-state index contributed by atoms with van der Waals surface area (Å²) in [5, 5.41) is 9.40. The zero-order valence-electron chi connectivity index (χ0n) is 10.9. The molecule has 0 spiro atoms. The lowest BCUT2D eigenvalue weighted by molar-refractivity contribution is 0.600. The maximum Gasteiger partial charge on any atom is 0.237 e. The monoisotopic (exact) mass is 321 g/mol. The highest BCUT2D eigenvalue weighted by Gasteiger charge is 2.15. The zero-order valence-corrected chi connectivity index (χ0v) is 12.4. The Labute approximate surface area is 128 Å². The summed E-state index contributed by atoms with van der Waals surface area (Å²) in [5.41, 5.74) is 6.96.